The lowest BCUT2D eigenvalue weighted by atomic mass is 10.4. The summed E-state index contributed by atoms with van der Waals surface area (Å²) < 4.78 is 33.8. The van der Waals surface area contributed by atoms with Crippen LogP contribution in [-0.2, 0) is 0 Å². The van der Waals surface area contributed by atoms with Crippen molar-refractivity contribution in [2.75, 3.05) is 0 Å². The maximum Gasteiger partial charge on any atom is 0.393 e. The molecule has 8 heavy (non-hydrogen) atoms. The zero-order valence-corrected chi connectivity index (χ0v) is 6.08. The molecule has 0 saturated heterocycles. The van der Waals surface area contributed by atoms with Gasteiger partial charge in [-0.25, -0.2) is 0 Å². The molecule has 0 aliphatic carbocycles. The molecule has 0 aromatic carbocycles. The highest BCUT2D eigenvalue weighted by atomic mass is 127. The summed E-state index contributed by atoms with van der Waals surface area (Å²) in [5, 5.41) is 0. The molecule has 0 atom stereocenters. The molecule has 0 aliphatic rings. The van der Waals surface area contributed by atoms with E-state index in [1.54, 1.807) is 22.6 Å². The van der Waals surface area contributed by atoms with Gasteiger partial charge in [0.15, 0.2) is 0 Å². The lowest BCUT2D eigenvalue weighted by molar-refractivity contribution is -0.125. The van der Waals surface area contributed by atoms with Crippen molar-refractivity contribution in [1.29, 1.82) is 0 Å². The quantitative estimate of drug-likeness (QED) is 0.614. The number of halogens is 4. The maximum absolute atomic E-state index is 11.2. The van der Waals surface area contributed by atoms with Gasteiger partial charge in [0.2, 0.25) is 0 Å². The molecule has 0 aromatic rings. The molecule has 0 heterocycles. The molecule has 0 bridgehead atoms. The fraction of sp³-hybridized carbons (Fsp3) is 0.500. The van der Waals surface area contributed by atoms with Gasteiger partial charge in [-0.05, 0) is 26.2 Å². The third-order valence-electron chi connectivity index (χ3n) is 0.392. The maximum atomic E-state index is 11.2. The van der Waals surface area contributed by atoms with Crippen molar-refractivity contribution < 1.29 is 13.2 Å². The Bertz CT molecular complexity index is 93.9. The van der Waals surface area contributed by atoms with Gasteiger partial charge in [0.05, 0.1) is 6.42 Å². The molecule has 0 amide bonds. The predicted molar refractivity (Wildman–Crippen MR) is 33.8 cm³/mol. The van der Waals surface area contributed by atoms with Crippen LogP contribution in [0.1, 0.15) is 6.42 Å². The van der Waals surface area contributed by atoms with E-state index in [9.17, 15) is 13.2 Å². The van der Waals surface area contributed by atoms with Crippen LogP contribution in [0, 0.1) is 0 Å². The van der Waals surface area contributed by atoms with Gasteiger partial charge in [0.25, 0.3) is 0 Å². The molecule has 0 nitrogen and oxygen atoms in total. The normalized spacial score (nSPS) is 11.5. The fourth-order valence-corrected chi connectivity index (χ4v) is 0.650. The van der Waals surface area contributed by atoms with Crippen molar-refractivity contribution in [3.05, 3.63) is 10.2 Å². The van der Waals surface area contributed by atoms with E-state index in [4.69, 9.17) is 0 Å². The van der Waals surface area contributed by atoms with E-state index < -0.39 is 12.6 Å². The first-order chi connectivity index (χ1) is 3.42. The summed E-state index contributed by atoms with van der Waals surface area (Å²) >= 11 is 1.55. The molecule has 0 radical (unpaired) electrons. The summed E-state index contributed by atoms with van der Waals surface area (Å²) in [6.07, 6.45) is -4.97. The van der Waals surface area contributed by atoms with E-state index in [0.29, 0.717) is 0 Å². The zero-order chi connectivity index (χ0) is 6.78. The summed E-state index contributed by atoms with van der Waals surface area (Å²) in [6.45, 7) is 3.11. The SMILES string of the molecule is C=C(I)CC(F)(F)F. The summed E-state index contributed by atoms with van der Waals surface area (Å²) in [7, 11) is 0. The minimum absolute atomic E-state index is 0.120. The summed E-state index contributed by atoms with van der Waals surface area (Å²) in [6, 6.07) is 0. The highest BCUT2D eigenvalue weighted by Crippen LogP contribution is 2.26. The minimum Gasteiger partial charge on any atom is -0.171 e. The zero-order valence-electron chi connectivity index (χ0n) is 3.93. The topological polar surface area (TPSA) is 0 Å². The van der Waals surface area contributed by atoms with E-state index in [2.05, 4.69) is 6.58 Å². The molecule has 0 fully saturated rings. The third kappa shape index (κ3) is 6.26. The molecule has 0 rings (SSSR count). The van der Waals surface area contributed by atoms with Crippen LogP contribution in [0.15, 0.2) is 10.2 Å². The lowest BCUT2D eigenvalue weighted by Crippen LogP contribution is -2.05. The van der Waals surface area contributed by atoms with E-state index in [1.165, 1.54) is 0 Å². The Morgan fingerprint density at radius 2 is 1.88 bits per heavy atom. The molecule has 0 unspecified atom stereocenters. The molecule has 0 aliphatic heterocycles. The van der Waals surface area contributed by atoms with Gasteiger partial charge in [-0.15, -0.1) is 0 Å². The molecule has 0 spiro atoms. The van der Waals surface area contributed by atoms with Crippen LogP contribution < -0.4 is 0 Å². The Balaban J connectivity index is 3.55. The number of hydrogen-bond acceptors (Lipinski definition) is 0. The first-order valence-electron chi connectivity index (χ1n) is 1.82. The Morgan fingerprint density at radius 1 is 1.50 bits per heavy atom. The second-order valence-electron chi connectivity index (χ2n) is 1.31. The first kappa shape index (κ1) is 8.26. The summed E-state index contributed by atoms with van der Waals surface area (Å²) in [5.41, 5.74) is 0. The first-order valence-corrected chi connectivity index (χ1v) is 2.90. The van der Waals surface area contributed by atoms with Crippen molar-refractivity contribution in [2.24, 2.45) is 0 Å². The van der Waals surface area contributed by atoms with E-state index in [1.807, 2.05) is 0 Å². The van der Waals surface area contributed by atoms with Gasteiger partial charge in [0, 0.05) is 0 Å². The molecule has 0 N–H and O–H groups in total. The monoisotopic (exact) mass is 236 g/mol. The number of alkyl halides is 3. The lowest BCUT2D eigenvalue weighted by Gasteiger charge is -2.01. The third-order valence-corrected chi connectivity index (χ3v) is 0.774. The van der Waals surface area contributed by atoms with Gasteiger partial charge in [-0.3, -0.25) is 0 Å². The summed E-state index contributed by atoms with van der Waals surface area (Å²) in [5.74, 6) is 0. The van der Waals surface area contributed by atoms with Gasteiger partial charge in [0.1, 0.15) is 0 Å². The molecule has 48 valence electrons. The number of allylic oxidation sites excluding steroid dienone is 1. The van der Waals surface area contributed by atoms with E-state index in [0.717, 1.165) is 0 Å². The van der Waals surface area contributed by atoms with Crippen molar-refractivity contribution in [3.8, 4) is 0 Å². The predicted octanol–water partition coefficient (Wildman–Crippen LogP) is 2.89. The molecular formula is C4H4F3I. The van der Waals surface area contributed by atoms with Gasteiger partial charge in [-0.1, -0.05) is 6.58 Å². The van der Waals surface area contributed by atoms with Crippen LogP contribution >= 0.6 is 22.6 Å². The average molecular weight is 236 g/mol. The highest BCUT2D eigenvalue weighted by Gasteiger charge is 2.26. The standard InChI is InChI=1S/C4H4F3I/c1-3(8)2-4(5,6)7/h1-2H2. The van der Waals surface area contributed by atoms with Crippen LogP contribution in [0.25, 0.3) is 0 Å². The Kier molecular flexibility index (Phi) is 2.79. The minimum atomic E-state index is -4.09. The van der Waals surface area contributed by atoms with Crippen molar-refractivity contribution in [2.45, 2.75) is 12.6 Å². The highest BCUT2D eigenvalue weighted by molar-refractivity contribution is 14.1. The largest absolute Gasteiger partial charge is 0.393 e. The van der Waals surface area contributed by atoms with Crippen LogP contribution in [0.4, 0.5) is 13.2 Å². The molecule has 4 heteroatoms. The van der Waals surface area contributed by atoms with Gasteiger partial charge < -0.3 is 0 Å². The molecular weight excluding hydrogens is 232 g/mol. The second kappa shape index (κ2) is 2.70. The number of rotatable bonds is 1. The van der Waals surface area contributed by atoms with Crippen molar-refractivity contribution in [1.82, 2.24) is 0 Å². The smallest absolute Gasteiger partial charge is 0.171 e. The van der Waals surface area contributed by atoms with Crippen LogP contribution in [0.5, 0.6) is 0 Å². The Labute approximate surface area is 58.9 Å². The van der Waals surface area contributed by atoms with E-state index >= 15 is 0 Å². The van der Waals surface area contributed by atoms with Crippen molar-refractivity contribution in [3.63, 3.8) is 0 Å². The van der Waals surface area contributed by atoms with Crippen LogP contribution in [0.2, 0.25) is 0 Å². The van der Waals surface area contributed by atoms with Crippen LogP contribution in [-0.4, -0.2) is 6.18 Å². The van der Waals surface area contributed by atoms with E-state index in [-0.39, 0.29) is 3.58 Å². The molecule has 0 saturated carbocycles. The summed E-state index contributed by atoms with van der Waals surface area (Å²) in [4.78, 5) is 0. The average Bonchev–Trinajstić information content (AvgIpc) is 1.21. The fourth-order valence-electron chi connectivity index (χ4n) is 0.217. The van der Waals surface area contributed by atoms with Gasteiger partial charge >= 0.3 is 6.18 Å². The van der Waals surface area contributed by atoms with Crippen molar-refractivity contribution >= 4 is 22.6 Å². The Hall–Kier alpha value is 0.260. The van der Waals surface area contributed by atoms with Gasteiger partial charge in [-0.2, -0.15) is 13.2 Å². The number of hydrogen-bond donors (Lipinski definition) is 0. The Morgan fingerprint density at radius 3 is 1.88 bits per heavy atom. The van der Waals surface area contributed by atoms with Crippen LogP contribution in [0.3, 0.4) is 0 Å². The molecule has 0 aromatic heterocycles. The second-order valence-corrected chi connectivity index (χ2v) is 2.83.